The van der Waals surface area contributed by atoms with E-state index in [1.54, 1.807) is 6.92 Å². The summed E-state index contributed by atoms with van der Waals surface area (Å²) in [6.45, 7) is 1.73. The molecule has 0 aliphatic rings. The number of halogens is 2. The van der Waals surface area contributed by atoms with Gasteiger partial charge < -0.3 is 15.2 Å². The van der Waals surface area contributed by atoms with Gasteiger partial charge in [0.05, 0.1) is 12.2 Å². The van der Waals surface area contributed by atoms with Gasteiger partial charge in [0.15, 0.2) is 0 Å². The number of hydrogen-bond acceptors (Lipinski definition) is 3. The summed E-state index contributed by atoms with van der Waals surface area (Å²) < 4.78 is 33.3. The Labute approximate surface area is 120 Å². The maximum absolute atomic E-state index is 14.1. The third-order valence-electron chi connectivity index (χ3n) is 2.66. The van der Waals surface area contributed by atoms with Gasteiger partial charge in [0, 0.05) is 13.0 Å². The molecule has 21 heavy (non-hydrogen) atoms. The third kappa shape index (κ3) is 4.70. The number of ether oxygens (including phenoxy) is 1. The first-order valence-electron chi connectivity index (χ1n) is 6.49. The highest BCUT2D eigenvalue weighted by atomic mass is 19.3. The van der Waals surface area contributed by atoms with Crippen LogP contribution in [0.25, 0.3) is 0 Å². The summed E-state index contributed by atoms with van der Waals surface area (Å²) in [6.07, 6.45) is -0.106. The van der Waals surface area contributed by atoms with Crippen molar-refractivity contribution in [2.75, 3.05) is 13.2 Å². The van der Waals surface area contributed by atoms with E-state index in [2.05, 4.69) is 0 Å². The van der Waals surface area contributed by atoms with Gasteiger partial charge in [-0.25, -0.2) is 0 Å². The number of para-hydroxylation sites is 1. The van der Waals surface area contributed by atoms with Gasteiger partial charge in [-0.2, -0.15) is 8.78 Å². The van der Waals surface area contributed by atoms with E-state index in [4.69, 9.17) is 9.84 Å². The van der Waals surface area contributed by atoms with Crippen LogP contribution in [0, 0.1) is 0 Å². The number of aliphatic carboxylic acids is 1. The van der Waals surface area contributed by atoms with Gasteiger partial charge in [-0.15, -0.1) is 0 Å². The Balaban J connectivity index is 2.75. The molecule has 1 rings (SSSR count). The van der Waals surface area contributed by atoms with Gasteiger partial charge in [-0.1, -0.05) is 12.1 Å². The summed E-state index contributed by atoms with van der Waals surface area (Å²) in [4.78, 5) is 21.9. The summed E-state index contributed by atoms with van der Waals surface area (Å²) >= 11 is 0. The predicted octanol–water partition coefficient (Wildman–Crippen LogP) is 2.16. The minimum Gasteiger partial charge on any atom is -0.493 e. The van der Waals surface area contributed by atoms with E-state index in [0.29, 0.717) is 0 Å². The molecule has 0 aliphatic heterocycles. The summed E-state index contributed by atoms with van der Waals surface area (Å²) in [5.41, 5.74) is -0.511. The van der Waals surface area contributed by atoms with Crippen LogP contribution in [0.5, 0.6) is 5.75 Å². The van der Waals surface area contributed by atoms with Gasteiger partial charge in [-0.05, 0) is 25.5 Å². The fourth-order valence-corrected chi connectivity index (χ4v) is 1.68. The first-order valence-corrected chi connectivity index (χ1v) is 6.49. The van der Waals surface area contributed by atoms with Crippen molar-refractivity contribution >= 4 is 11.9 Å². The van der Waals surface area contributed by atoms with Crippen LogP contribution < -0.4 is 10.1 Å². The minimum absolute atomic E-state index is 0.0503. The lowest BCUT2D eigenvalue weighted by Gasteiger charge is -2.19. The van der Waals surface area contributed by atoms with Crippen molar-refractivity contribution in [2.45, 2.75) is 25.7 Å². The molecule has 0 atom stereocenters. The van der Waals surface area contributed by atoms with Gasteiger partial charge in [-0.3, -0.25) is 9.59 Å². The molecule has 0 aliphatic carbocycles. The van der Waals surface area contributed by atoms with Crippen LogP contribution >= 0.6 is 0 Å². The van der Waals surface area contributed by atoms with E-state index in [9.17, 15) is 18.4 Å². The van der Waals surface area contributed by atoms with Crippen molar-refractivity contribution in [1.82, 2.24) is 5.32 Å². The third-order valence-corrected chi connectivity index (χ3v) is 2.66. The van der Waals surface area contributed by atoms with Crippen LogP contribution in [0.3, 0.4) is 0 Å². The topological polar surface area (TPSA) is 75.6 Å². The molecule has 0 saturated carbocycles. The van der Waals surface area contributed by atoms with Gasteiger partial charge >= 0.3 is 11.9 Å². The molecule has 0 spiro atoms. The first kappa shape index (κ1) is 16.9. The number of carbonyl (C=O) groups excluding carboxylic acids is 1. The number of nitrogens with one attached hydrogen (secondary N) is 1. The van der Waals surface area contributed by atoms with E-state index in [1.165, 1.54) is 18.2 Å². The molecule has 0 saturated heterocycles. The van der Waals surface area contributed by atoms with Crippen molar-refractivity contribution < 1.29 is 28.2 Å². The summed E-state index contributed by atoms with van der Waals surface area (Å²) in [7, 11) is 0. The van der Waals surface area contributed by atoms with Crippen LogP contribution in [0.15, 0.2) is 24.3 Å². The quantitative estimate of drug-likeness (QED) is 0.721. The van der Waals surface area contributed by atoms with Crippen LogP contribution in [0.1, 0.15) is 25.3 Å². The first-order chi connectivity index (χ1) is 9.89. The van der Waals surface area contributed by atoms with E-state index in [-0.39, 0.29) is 31.7 Å². The number of amides is 1. The molecule has 0 bridgehead atoms. The van der Waals surface area contributed by atoms with Crippen LogP contribution in [0.4, 0.5) is 8.78 Å². The lowest BCUT2D eigenvalue weighted by atomic mass is 10.1. The molecule has 2 N–H and O–H groups in total. The predicted molar refractivity (Wildman–Crippen MR) is 71.4 cm³/mol. The second kappa shape index (κ2) is 7.56. The molecule has 5 nitrogen and oxygen atoms in total. The number of carboxylic acids is 1. The van der Waals surface area contributed by atoms with Gasteiger partial charge in [0.2, 0.25) is 0 Å². The van der Waals surface area contributed by atoms with E-state index in [0.717, 1.165) is 6.07 Å². The summed E-state index contributed by atoms with van der Waals surface area (Å²) in [5.74, 6) is -6.31. The Bertz CT molecular complexity index is 506. The van der Waals surface area contributed by atoms with Crippen molar-refractivity contribution in [2.24, 2.45) is 0 Å². The maximum Gasteiger partial charge on any atom is 0.353 e. The fourth-order valence-electron chi connectivity index (χ4n) is 1.68. The molecule has 116 valence electrons. The van der Waals surface area contributed by atoms with Crippen LogP contribution in [0.2, 0.25) is 0 Å². The number of carbonyl (C=O) groups is 2. The summed E-state index contributed by atoms with van der Waals surface area (Å²) in [5, 5.41) is 10.5. The molecule has 0 fully saturated rings. The Hall–Kier alpha value is -2.18. The SMILES string of the molecule is CCOc1ccccc1C(F)(F)C(=O)NCCCC(=O)O. The lowest BCUT2D eigenvalue weighted by molar-refractivity contribution is -0.147. The van der Waals surface area contributed by atoms with Crippen molar-refractivity contribution in [3.8, 4) is 5.75 Å². The van der Waals surface area contributed by atoms with E-state index < -0.39 is 23.4 Å². The molecule has 1 amide bonds. The largest absolute Gasteiger partial charge is 0.493 e. The molecular formula is C14H17F2NO4. The minimum atomic E-state index is -3.74. The monoisotopic (exact) mass is 301 g/mol. The highest BCUT2D eigenvalue weighted by molar-refractivity contribution is 5.85. The Morgan fingerprint density at radius 1 is 1.33 bits per heavy atom. The van der Waals surface area contributed by atoms with Crippen LogP contribution in [-0.2, 0) is 15.5 Å². The number of hydrogen-bond donors (Lipinski definition) is 2. The Morgan fingerprint density at radius 3 is 2.62 bits per heavy atom. The highest BCUT2D eigenvalue weighted by Crippen LogP contribution is 2.35. The number of alkyl halides is 2. The van der Waals surface area contributed by atoms with E-state index >= 15 is 0 Å². The fraction of sp³-hybridized carbons (Fsp3) is 0.429. The lowest BCUT2D eigenvalue weighted by Crippen LogP contribution is -2.39. The molecule has 0 heterocycles. The average molecular weight is 301 g/mol. The van der Waals surface area contributed by atoms with Crippen molar-refractivity contribution in [1.29, 1.82) is 0 Å². The molecule has 1 aromatic carbocycles. The zero-order chi connectivity index (χ0) is 15.9. The van der Waals surface area contributed by atoms with Crippen molar-refractivity contribution in [3.63, 3.8) is 0 Å². The zero-order valence-electron chi connectivity index (χ0n) is 11.6. The Morgan fingerprint density at radius 2 is 2.00 bits per heavy atom. The van der Waals surface area contributed by atoms with Gasteiger partial charge in [0.25, 0.3) is 5.91 Å². The van der Waals surface area contributed by atoms with E-state index in [1.807, 2.05) is 5.32 Å². The smallest absolute Gasteiger partial charge is 0.353 e. The standard InChI is InChI=1S/C14H17F2NO4/c1-2-21-11-7-4-3-6-10(11)14(15,16)13(20)17-9-5-8-12(18)19/h3-4,6-7H,2,5,8-9H2,1H3,(H,17,20)(H,18,19). The molecule has 7 heteroatoms. The number of rotatable bonds is 8. The molecule has 0 radical (unpaired) electrons. The zero-order valence-corrected chi connectivity index (χ0v) is 11.6. The molecule has 0 unspecified atom stereocenters. The second-order valence-corrected chi connectivity index (χ2v) is 4.26. The summed E-state index contributed by atoms with van der Waals surface area (Å²) in [6, 6.07) is 5.42. The number of benzene rings is 1. The normalized spacial score (nSPS) is 11.0. The second-order valence-electron chi connectivity index (χ2n) is 4.26. The highest BCUT2D eigenvalue weighted by Gasteiger charge is 2.43. The maximum atomic E-state index is 14.1. The molecule has 1 aromatic rings. The Kier molecular flexibility index (Phi) is 6.08. The van der Waals surface area contributed by atoms with Crippen molar-refractivity contribution in [3.05, 3.63) is 29.8 Å². The molecule has 0 aromatic heterocycles. The van der Waals surface area contributed by atoms with Crippen LogP contribution in [-0.4, -0.2) is 30.1 Å². The van der Waals surface area contributed by atoms with Gasteiger partial charge in [0.1, 0.15) is 5.75 Å². The average Bonchev–Trinajstić information content (AvgIpc) is 2.44. The molecular weight excluding hydrogens is 284 g/mol. The number of carboxylic acid groups (broad SMARTS) is 1.